The largest absolute Gasteiger partial charge is 0.458 e. The Bertz CT molecular complexity index is 1000. The van der Waals surface area contributed by atoms with Crippen LogP contribution < -0.4 is 5.32 Å². The molecule has 1 aromatic heterocycles. The van der Waals surface area contributed by atoms with Gasteiger partial charge in [0.2, 0.25) is 11.8 Å². The molecule has 192 valence electrons. The fourth-order valence-electron chi connectivity index (χ4n) is 4.25. The Morgan fingerprint density at radius 1 is 1.14 bits per heavy atom. The van der Waals surface area contributed by atoms with Gasteiger partial charge in [-0.15, -0.1) is 0 Å². The summed E-state index contributed by atoms with van der Waals surface area (Å²) in [6, 6.07) is 7.39. The zero-order valence-electron chi connectivity index (χ0n) is 22.1. The predicted molar refractivity (Wildman–Crippen MR) is 135 cm³/mol. The SMILES string of the molecule is Cc1ccc(-c2nc(CO[C@@H]3CCC[C@H](C(=O)NC(C(=O)OC(C)(C)C)C(C)C)C3)c(C)o2)cc1. The smallest absolute Gasteiger partial charge is 0.329 e. The maximum Gasteiger partial charge on any atom is 0.329 e. The Labute approximate surface area is 209 Å². The van der Waals surface area contributed by atoms with Crippen molar-refractivity contribution in [1.82, 2.24) is 10.3 Å². The van der Waals surface area contributed by atoms with Crippen molar-refractivity contribution in [3.63, 3.8) is 0 Å². The number of oxazole rings is 1. The van der Waals surface area contributed by atoms with Crippen LogP contribution in [0.25, 0.3) is 11.5 Å². The number of carbonyl (C=O) groups is 2. The molecule has 7 nitrogen and oxygen atoms in total. The van der Waals surface area contributed by atoms with E-state index in [1.807, 2.05) is 72.7 Å². The van der Waals surface area contributed by atoms with Crippen molar-refractivity contribution in [1.29, 1.82) is 0 Å². The number of nitrogens with zero attached hydrogens (tertiary/aromatic N) is 1. The fourth-order valence-corrected chi connectivity index (χ4v) is 4.25. The Hall–Kier alpha value is -2.67. The standard InChI is InChI=1S/C28H40N2O5/c1-17(2)24(27(32)35-28(5,6)7)30-25(31)21-9-8-10-22(15-21)33-16-23-19(4)34-26(29-23)20-13-11-18(3)12-14-20/h11-14,17,21-22,24H,8-10,15-16H2,1-7H3,(H,30,31)/t21-,22+,24?/m0/s1. The van der Waals surface area contributed by atoms with Gasteiger partial charge in [0.15, 0.2) is 0 Å². The highest BCUT2D eigenvalue weighted by molar-refractivity contribution is 5.86. The molecule has 1 N–H and O–H groups in total. The number of esters is 1. The number of benzene rings is 1. The summed E-state index contributed by atoms with van der Waals surface area (Å²) in [4.78, 5) is 30.3. The van der Waals surface area contributed by atoms with Gasteiger partial charge in [0.1, 0.15) is 23.1 Å². The van der Waals surface area contributed by atoms with E-state index in [9.17, 15) is 9.59 Å². The van der Waals surface area contributed by atoms with Gasteiger partial charge in [0, 0.05) is 11.5 Å². The number of nitrogens with one attached hydrogen (secondary N) is 1. The molecule has 1 fully saturated rings. The lowest BCUT2D eigenvalue weighted by Gasteiger charge is -2.31. The van der Waals surface area contributed by atoms with Crippen LogP contribution >= 0.6 is 0 Å². The van der Waals surface area contributed by atoms with E-state index in [1.54, 1.807) is 0 Å². The van der Waals surface area contributed by atoms with Gasteiger partial charge in [-0.05, 0) is 71.9 Å². The second kappa shape index (κ2) is 11.4. The number of aromatic nitrogens is 1. The molecule has 1 amide bonds. The van der Waals surface area contributed by atoms with Crippen molar-refractivity contribution in [3.8, 4) is 11.5 Å². The van der Waals surface area contributed by atoms with Crippen LogP contribution in [0.5, 0.6) is 0 Å². The Kier molecular flexibility index (Phi) is 8.75. The molecule has 2 aromatic rings. The summed E-state index contributed by atoms with van der Waals surface area (Å²) < 4.78 is 17.5. The third kappa shape index (κ3) is 7.66. The van der Waals surface area contributed by atoms with Crippen molar-refractivity contribution in [2.45, 2.75) is 98.5 Å². The highest BCUT2D eigenvalue weighted by Gasteiger charge is 2.34. The maximum absolute atomic E-state index is 13.0. The molecule has 1 aliphatic rings. The molecule has 0 spiro atoms. The number of hydrogen-bond donors (Lipinski definition) is 1. The van der Waals surface area contributed by atoms with E-state index in [4.69, 9.17) is 13.9 Å². The van der Waals surface area contributed by atoms with Crippen LogP contribution in [0.3, 0.4) is 0 Å². The van der Waals surface area contributed by atoms with E-state index in [0.29, 0.717) is 18.9 Å². The van der Waals surface area contributed by atoms with Crippen molar-refractivity contribution >= 4 is 11.9 Å². The summed E-state index contributed by atoms with van der Waals surface area (Å²) >= 11 is 0. The van der Waals surface area contributed by atoms with E-state index in [1.165, 1.54) is 5.56 Å². The molecule has 3 rings (SSSR count). The lowest BCUT2D eigenvalue weighted by molar-refractivity contribution is -0.160. The summed E-state index contributed by atoms with van der Waals surface area (Å²) in [5, 5.41) is 2.94. The van der Waals surface area contributed by atoms with E-state index < -0.39 is 17.6 Å². The first-order valence-electron chi connectivity index (χ1n) is 12.6. The quantitative estimate of drug-likeness (QED) is 0.497. The van der Waals surface area contributed by atoms with Gasteiger partial charge in [-0.25, -0.2) is 9.78 Å². The lowest BCUT2D eigenvalue weighted by Crippen LogP contribution is -2.49. The van der Waals surface area contributed by atoms with Crippen LogP contribution in [0.2, 0.25) is 0 Å². The number of carbonyl (C=O) groups excluding carboxylic acids is 2. The fraction of sp³-hybridized carbons (Fsp3) is 0.607. The summed E-state index contributed by atoms with van der Waals surface area (Å²) in [6.45, 7) is 13.6. The molecule has 1 saturated carbocycles. The molecule has 0 radical (unpaired) electrons. The van der Waals surface area contributed by atoms with Crippen molar-refractivity contribution in [2.75, 3.05) is 0 Å². The van der Waals surface area contributed by atoms with Crippen LogP contribution in [-0.2, 0) is 25.7 Å². The summed E-state index contributed by atoms with van der Waals surface area (Å²) in [6.07, 6.45) is 3.15. The molecule has 35 heavy (non-hydrogen) atoms. The second-order valence-corrected chi connectivity index (χ2v) is 10.9. The Morgan fingerprint density at radius 2 is 1.83 bits per heavy atom. The van der Waals surface area contributed by atoms with Gasteiger partial charge >= 0.3 is 5.97 Å². The third-order valence-electron chi connectivity index (χ3n) is 6.27. The molecular weight excluding hydrogens is 444 g/mol. The van der Waals surface area contributed by atoms with Gasteiger partial charge in [-0.2, -0.15) is 0 Å². The maximum atomic E-state index is 13.0. The summed E-state index contributed by atoms with van der Waals surface area (Å²) in [5.74, 6) is 0.561. The third-order valence-corrected chi connectivity index (χ3v) is 6.27. The number of ether oxygens (including phenoxy) is 2. The zero-order chi connectivity index (χ0) is 25.8. The Morgan fingerprint density at radius 3 is 2.46 bits per heavy atom. The number of hydrogen-bond acceptors (Lipinski definition) is 6. The summed E-state index contributed by atoms with van der Waals surface area (Å²) in [5.41, 5.74) is 2.29. The van der Waals surface area contributed by atoms with Crippen LogP contribution in [0.15, 0.2) is 28.7 Å². The van der Waals surface area contributed by atoms with Gasteiger partial charge in [0.25, 0.3) is 0 Å². The Balaban J connectivity index is 1.56. The van der Waals surface area contributed by atoms with Crippen LogP contribution in [0.4, 0.5) is 0 Å². The molecule has 0 aliphatic heterocycles. The average molecular weight is 485 g/mol. The number of amides is 1. The molecule has 7 heteroatoms. The van der Waals surface area contributed by atoms with Gasteiger partial charge in [-0.1, -0.05) is 38.0 Å². The highest BCUT2D eigenvalue weighted by atomic mass is 16.6. The number of rotatable bonds is 8. The van der Waals surface area contributed by atoms with Crippen LogP contribution in [-0.4, -0.2) is 34.6 Å². The van der Waals surface area contributed by atoms with Crippen molar-refractivity contribution < 1.29 is 23.5 Å². The minimum Gasteiger partial charge on any atom is -0.458 e. The molecule has 3 atom stereocenters. The minimum absolute atomic E-state index is 0.0440. The average Bonchev–Trinajstić information content (AvgIpc) is 3.15. The van der Waals surface area contributed by atoms with Gasteiger partial charge in [0.05, 0.1) is 12.7 Å². The van der Waals surface area contributed by atoms with Crippen molar-refractivity contribution in [3.05, 3.63) is 41.3 Å². The van der Waals surface area contributed by atoms with E-state index in [0.717, 1.165) is 36.3 Å². The van der Waals surface area contributed by atoms with E-state index in [2.05, 4.69) is 10.3 Å². The predicted octanol–water partition coefficient (Wildman–Crippen LogP) is 5.52. The van der Waals surface area contributed by atoms with E-state index >= 15 is 0 Å². The zero-order valence-corrected chi connectivity index (χ0v) is 22.1. The topological polar surface area (TPSA) is 90.7 Å². The molecule has 1 aliphatic carbocycles. The highest BCUT2D eigenvalue weighted by Crippen LogP contribution is 2.29. The molecule has 1 aromatic carbocycles. The molecule has 0 saturated heterocycles. The lowest BCUT2D eigenvalue weighted by atomic mass is 9.86. The van der Waals surface area contributed by atoms with Crippen molar-refractivity contribution in [2.24, 2.45) is 11.8 Å². The van der Waals surface area contributed by atoms with Crippen LogP contribution in [0, 0.1) is 25.7 Å². The minimum atomic E-state index is -0.666. The second-order valence-electron chi connectivity index (χ2n) is 10.9. The molecule has 1 heterocycles. The monoisotopic (exact) mass is 484 g/mol. The first kappa shape index (κ1) is 26.9. The molecule has 1 unspecified atom stereocenters. The summed E-state index contributed by atoms with van der Waals surface area (Å²) in [7, 11) is 0. The van der Waals surface area contributed by atoms with E-state index in [-0.39, 0.29) is 23.8 Å². The number of aryl methyl sites for hydroxylation is 2. The first-order valence-corrected chi connectivity index (χ1v) is 12.6. The van der Waals surface area contributed by atoms with Crippen LogP contribution in [0.1, 0.15) is 77.3 Å². The van der Waals surface area contributed by atoms with Gasteiger partial charge < -0.3 is 19.2 Å². The molecular formula is C28H40N2O5. The first-order chi connectivity index (χ1) is 16.4. The molecule has 0 bridgehead atoms. The normalized spacial score (nSPS) is 19.4. The van der Waals surface area contributed by atoms with Gasteiger partial charge in [-0.3, -0.25) is 4.79 Å².